The number of nitrogens with zero attached hydrogens (tertiary/aromatic N) is 2. The Morgan fingerprint density at radius 1 is 1.00 bits per heavy atom. The number of anilines is 1. The highest BCUT2D eigenvalue weighted by Gasteiger charge is 2.43. The van der Waals surface area contributed by atoms with Crippen LogP contribution in [0.4, 0.5) is 10.1 Å². The van der Waals surface area contributed by atoms with Gasteiger partial charge in [-0.05, 0) is 86.7 Å². The Hall–Kier alpha value is -2.73. The van der Waals surface area contributed by atoms with E-state index in [-0.39, 0.29) is 24.1 Å². The van der Waals surface area contributed by atoms with Crippen LogP contribution < -0.4 is 9.64 Å². The van der Waals surface area contributed by atoms with Crippen LogP contribution >= 0.6 is 0 Å². The highest BCUT2D eigenvalue weighted by molar-refractivity contribution is 6.22. The highest BCUT2D eigenvalue weighted by atomic mass is 19.1. The summed E-state index contributed by atoms with van der Waals surface area (Å²) >= 11 is 0. The van der Waals surface area contributed by atoms with Crippen molar-refractivity contribution in [3.05, 3.63) is 59.9 Å². The summed E-state index contributed by atoms with van der Waals surface area (Å²) in [6.07, 6.45) is 4.43. The summed E-state index contributed by atoms with van der Waals surface area (Å²) in [7, 11) is 1.67. The summed E-state index contributed by atoms with van der Waals surface area (Å²) in [5.41, 5.74) is 1.76. The Morgan fingerprint density at radius 3 is 2.30 bits per heavy atom. The highest BCUT2D eigenvalue weighted by Crippen LogP contribution is 2.30. The molecule has 5 nitrogen and oxygen atoms in total. The second-order valence-corrected chi connectivity index (χ2v) is 8.13. The van der Waals surface area contributed by atoms with Crippen LogP contribution in [0.2, 0.25) is 0 Å². The number of amides is 2. The second-order valence-electron chi connectivity index (χ2n) is 8.13. The van der Waals surface area contributed by atoms with Crippen molar-refractivity contribution in [1.29, 1.82) is 0 Å². The number of carbonyl (C=O) groups excluding carboxylic acids is 2. The van der Waals surface area contributed by atoms with E-state index < -0.39 is 6.04 Å². The summed E-state index contributed by atoms with van der Waals surface area (Å²) < 4.78 is 18.4. The Kier molecular flexibility index (Phi) is 6.13. The second kappa shape index (κ2) is 8.96. The maximum absolute atomic E-state index is 13.2. The van der Waals surface area contributed by atoms with Gasteiger partial charge in [0.25, 0.3) is 5.91 Å². The minimum atomic E-state index is -0.398. The van der Waals surface area contributed by atoms with Crippen LogP contribution in [-0.4, -0.2) is 43.0 Å². The van der Waals surface area contributed by atoms with E-state index >= 15 is 0 Å². The van der Waals surface area contributed by atoms with E-state index in [0.717, 1.165) is 44.5 Å². The molecular formula is C24H27FN2O3. The Bertz CT molecular complexity index is 890. The topological polar surface area (TPSA) is 49.9 Å². The largest absolute Gasteiger partial charge is 0.497 e. The maximum Gasteiger partial charge on any atom is 0.251 e. The molecule has 0 radical (unpaired) electrons. The van der Waals surface area contributed by atoms with E-state index in [0.29, 0.717) is 11.6 Å². The molecule has 2 aliphatic rings. The van der Waals surface area contributed by atoms with Gasteiger partial charge in [-0.25, -0.2) is 9.29 Å². The summed E-state index contributed by atoms with van der Waals surface area (Å²) in [6, 6.07) is 13.3. The lowest BCUT2D eigenvalue weighted by atomic mass is 9.90. The van der Waals surface area contributed by atoms with Gasteiger partial charge in [-0.1, -0.05) is 12.1 Å². The van der Waals surface area contributed by atoms with Crippen LogP contribution in [0.25, 0.3) is 0 Å². The van der Waals surface area contributed by atoms with Gasteiger partial charge in [0.15, 0.2) is 0 Å². The van der Waals surface area contributed by atoms with Crippen molar-refractivity contribution in [1.82, 2.24) is 4.90 Å². The molecule has 2 amide bonds. The van der Waals surface area contributed by atoms with Gasteiger partial charge in [0.05, 0.1) is 25.3 Å². The predicted octanol–water partition coefficient (Wildman–Crippen LogP) is 3.81. The summed E-state index contributed by atoms with van der Waals surface area (Å²) in [4.78, 5) is 28.7. The number of halogens is 1. The van der Waals surface area contributed by atoms with Crippen LogP contribution in [0.3, 0.4) is 0 Å². The summed E-state index contributed by atoms with van der Waals surface area (Å²) in [6.45, 7) is 1.66. The number of rotatable bonds is 6. The molecule has 0 spiro atoms. The number of methoxy groups -OCH3 is 1. The third-order valence-electron chi connectivity index (χ3n) is 6.30. The van der Waals surface area contributed by atoms with Crippen molar-refractivity contribution in [2.45, 2.75) is 38.1 Å². The molecule has 2 aromatic rings. The van der Waals surface area contributed by atoms with Gasteiger partial charge in [-0.3, -0.25) is 14.5 Å². The molecule has 30 heavy (non-hydrogen) atoms. The molecule has 4 rings (SSSR count). The molecular weight excluding hydrogens is 383 g/mol. The molecule has 6 heteroatoms. The lowest BCUT2D eigenvalue weighted by molar-refractivity contribution is -0.123. The Labute approximate surface area is 176 Å². The molecule has 1 unspecified atom stereocenters. The van der Waals surface area contributed by atoms with Crippen molar-refractivity contribution in [3.8, 4) is 5.75 Å². The number of aryl methyl sites for hydroxylation is 1. The fraction of sp³-hybridized carbons (Fsp3) is 0.417. The lowest BCUT2D eigenvalue weighted by Crippen LogP contribution is -2.46. The van der Waals surface area contributed by atoms with Crippen LogP contribution in [0.15, 0.2) is 48.5 Å². The quantitative estimate of drug-likeness (QED) is 0.680. The van der Waals surface area contributed by atoms with Crippen LogP contribution in [-0.2, 0) is 16.0 Å². The molecule has 0 aliphatic carbocycles. The SMILES string of the molecule is COc1ccc(CCC2CCN(C3CC(=O)N(c4ccc(F)cc4)C3=O)CC2)cc1. The number of hydrogen-bond donors (Lipinski definition) is 0. The zero-order valence-electron chi connectivity index (χ0n) is 17.2. The Balaban J connectivity index is 1.30. The molecule has 2 fully saturated rings. The summed E-state index contributed by atoms with van der Waals surface area (Å²) in [5, 5.41) is 0. The van der Waals surface area contributed by atoms with E-state index in [1.165, 1.54) is 34.7 Å². The zero-order chi connectivity index (χ0) is 21.1. The van der Waals surface area contributed by atoms with Crippen LogP contribution in [0, 0.1) is 11.7 Å². The number of hydrogen-bond acceptors (Lipinski definition) is 4. The first kappa shape index (κ1) is 20.5. The molecule has 0 aromatic heterocycles. The van der Waals surface area contributed by atoms with E-state index in [1.54, 1.807) is 7.11 Å². The number of imide groups is 1. The van der Waals surface area contributed by atoms with Gasteiger partial charge in [-0.2, -0.15) is 0 Å². The van der Waals surface area contributed by atoms with Crippen LogP contribution in [0.5, 0.6) is 5.75 Å². The average Bonchev–Trinajstić information content (AvgIpc) is 3.07. The van der Waals surface area contributed by atoms with Gasteiger partial charge in [0, 0.05) is 0 Å². The Morgan fingerprint density at radius 2 is 1.67 bits per heavy atom. The van der Waals surface area contributed by atoms with Crippen molar-refractivity contribution < 1.29 is 18.7 Å². The fourth-order valence-corrected chi connectivity index (χ4v) is 4.48. The minimum Gasteiger partial charge on any atom is -0.497 e. The first-order valence-corrected chi connectivity index (χ1v) is 10.5. The van der Waals surface area contributed by atoms with Gasteiger partial charge in [-0.15, -0.1) is 0 Å². The first-order chi connectivity index (χ1) is 14.5. The van der Waals surface area contributed by atoms with E-state index in [4.69, 9.17) is 4.74 Å². The molecule has 2 aliphatic heterocycles. The number of carbonyl (C=O) groups is 2. The summed E-state index contributed by atoms with van der Waals surface area (Å²) in [5.74, 6) is 0.717. The third-order valence-corrected chi connectivity index (χ3v) is 6.30. The smallest absolute Gasteiger partial charge is 0.251 e. The zero-order valence-corrected chi connectivity index (χ0v) is 17.2. The third kappa shape index (κ3) is 4.38. The maximum atomic E-state index is 13.2. The van der Waals surface area contributed by atoms with Gasteiger partial charge in [0.2, 0.25) is 5.91 Å². The monoisotopic (exact) mass is 410 g/mol. The van der Waals surface area contributed by atoms with Crippen molar-refractivity contribution in [3.63, 3.8) is 0 Å². The lowest BCUT2D eigenvalue weighted by Gasteiger charge is -2.34. The normalized spacial score (nSPS) is 20.7. The fourth-order valence-electron chi connectivity index (χ4n) is 4.48. The van der Waals surface area contributed by atoms with Crippen molar-refractivity contribution in [2.24, 2.45) is 5.92 Å². The number of ether oxygens (including phenoxy) is 1. The molecule has 0 saturated carbocycles. The average molecular weight is 410 g/mol. The van der Waals surface area contributed by atoms with E-state index in [1.807, 2.05) is 12.1 Å². The van der Waals surface area contributed by atoms with Crippen molar-refractivity contribution >= 4 is 17.5 Å². The standard InChI is InChI=1S/C24H27FN2O3/c1-30-21-10-4-17(5-11-21)2-3-18-12-14-26(15-13-18)22-16-23(28)27(24(22)29)20-8-6-19(25)7-9-20/h4-11,18,22H,2-3,12-16H2,1H3. The van der Waals surface area contributed by atoms with Gasteiger partial charge < -0.3 is 4.74 Å². The van der Waals surface area contributed by atoms with E-state index in [9.17, 15) is 14.0 Å². The van der Waals surface area contributed by atoms with Crippen LogP contribution in [0.1, 0.15) is 31.2 Å². The van der Waals surface area contributed by atoms with Gasteiger partial charge >= 0.3 is 0 Å². The molecule has 2 heterocycles. The molecule has 0 bridgehead atoms. The van der Waals surface area contributed by atoms with E-state index in [2.05, 4.69) is 17.0 Å². The number of likely N-dealkylation sites (tertiary alicyclic amines) is 1. The molecule has 1 atom stereocenters. The number of piperidine rings is 1. The molecule has 2 aromatic carbocycles. The molecule has 2 saturated heterocycles. The molecule has 158 valence electrons. The minimum absolute atomic E-state index is 0.191. The first-order valence-electron chi connectivity index (χ1n) is 10.5. The van der Waals surface area contributed by atoms with Crippen molar-refractivity contribution in [2.75, 3.05) is 25.1 Å². The predicted molar refractivity (Wildman–Crippen MR) is 113 cm³/mol. The number of benzene rings is 2. The molecule has 0 N–H and O–H groups in total. The van der Waals surface area contributed by atoms with Gasteiger partial charge in [0.1, 0.15) is 11.6 Å².